The molecule has 2 aromatic rings. The number of carbonyl (C=O) groups is 3. The molecule has 4 N–H and O–H groups in total. The van der Waals surface area contributed by atoms with Crippen molar-refractivity contribution in [3.05, 3.63) is 54.1 Å². The molecule has 0 radical (unpaired) electrons. The second-order valence-electron chi connectivity index (χ2n) is 7.37. The number of carboxylic acid groups (broad SMARTS) is 1. The minimum Gasteiger partial charge on any atom is -0.491 e. The third kappa shape index (κ3) is 6.07. The average molecular weight is 439 g/mol. The molecule has 9 heteroatoms. The van der Waals surface area contributed by atoms with E-state index in [1.165, 1.54) is 0 Å². The van der Waals surface area contributed by atoms with Gasteiger partial charge >= 0.3 is 12.1 Å². The molecule has 0 spiro atoms. The lowest BCUT2D eigenvalue weighted by atomic mass is 9.92. The van der Waals surface area contributed by atoms with Crippen LogP contribution in [-0.4, -0.2) is 48.2 Å². The summed E-state index contributed by atoms with van der Waals surface area (Å²) in [5, 5.41) is 22.2. The van der Waals surface area contributed by atoms with Gasteiger partial charge in [-0.15, -0.1) is 0 Å². The van der Waals surface area contributed by atoms with Crippen molar-refractivity contribution in [3.8, 4) is 16.9 Å². The Kier molecular flexibility index (Phi) is 7.43. The molecular formula is C23H25N3O6. The summed E-state index contributed by atoms with van der Waals surface area (Å²) in [5.41, 5.74) is 2.41. The lowest BCUT2D eigenvalue weighted by molar-refractivity contribution is -0.146. The number of carbonyl (C=O) groups excluding carboxylic acids is 2. The molecule has 0 aromatic heterocycles. The first-order valence-electron chi connectivity index (χ1n) is 10.2. The van der Waals surface area contributed by atoms with Gasteiger partial charge in [-0.2, -0.15) is 0 Å². The lowest BCUT2D eigenvalue weighted by Gasteiger charge is -2.27. The third-order valence-corrected chi connectivity index (χ3v) is 5.03. The van der Waals surface area contributed by atoms with E-state index in [2.05, 4.69) is 10.6 Å². The van der Waals surface area contributed by atoms with Gasteiger partial charge in [-0.05, 0) is 36.6 Å². The zero-order valence-electron chi connectivity index (χ0n) is 17.6. The highest BCUT2D eigenvalue weighted by Gasteiger charge is 2.31. The van der Waals surface area contributed by atoms with E-state index in [0.717, 1.165) is 11.1 Å². The largest absolute Gasteiger partial charge is 0.491 e. The van der Waals surface area contributed by atoms with Gasteiger partial charge in [-0.25, -0.2) is 4.79 Å². The SMILES string of the molecule is CCOC(=O)NC(=N)c1ccc(-c2ccc(OC[C@@H]3C[C@H](C(=O)O)CC(=O)N3)cc2)cc1. The standard InChI is InChI=1S/C23H25N3O6/c1-2-31-23(30)26-21(24)16-5-3-14(4-6-16)15-7-9-19(10-8-15)32-13-18-11-17(22(28)29)12-20(27)25-18/h3-10,17-18H,2,11-13H2,1H3,(H,25,27)(H,28,29)(H2,24,26,30)/t17-,18-/m0/s1. The molecule has 0 bridgehead atoms. The summed E-state index contributed by atoms with van der Waals surface area (Å²) < 4.78 is 10.5. The number of amides is 2. The normalized spacial score (nSPS) is 17.7. The first-order valence-corrected chi connectivity index (χ1v) is 10.2. The smallest absolute Gasteiger partial charge is 0.412 e. The van der Waals surface area contributed by atoms with E-state index in [1.807, 2.05) is 24.3 Å². The minimum absolute atomic E-state index is 0.00230. The number of ether oxygens (including phenoxy) is 2. The van der Waals surface area contributed by atoms with Crippen molar-refractivity contribution in [2.24, 2.45) is 5.92 Å². The second-order valence-corrected chi connectivity index (χ2v) is 7.37. The second kappa shape index (κ2) is 10.4. The highest BCUT2D eigenvalue weighted by atomic mass is 16.5. The number of aliphatic carboxylic acids is 1. The molecule has 0 saturated carbocycles. The molecule has 1 saturated heterocycles. The Morgan fingerprint density at radius 2 is 1.75 bits per heavy atom. The highest BCUT2D eigenvalue weighted by Crippen LogP contribution is 2.24. The van der Waals surface area contributed by atoms with Gasteiger partial charge in [-0.1, -0.05) is 36.4 Å². The van der Waals surface area contributed by atoms with E-state index >= 15 is 0 Å². The maximum Gasteiger partial charge on any atom is 0.412 e. The van der Waals surface area contributed by atoms with E-state index < -0.39 is 18.0 Å². The van der Waals surface area contributed by atoms with E-state index in [4.69, 9.17) is 20.0 Å². The van der Waals surface area contributed by atoms with Crippen LogP contribution in [-0.2, 0) is 14.3 Å². The number of piperidine rings is 1. The van der Waals surface area contributed by atoms with Gasteiger partial charge in [0.1, 0.15) is 18.2 Å². The Labute approximate surface area is 185 Å². The Bertz CT molecular complexity index is 988. The monoisotopic (exact) mass is 439 g/mol. The van der Waals surface area contributed by atoms with E-state index in [9.17, 15) is 14.4 Å². The predicted molar refractivity (Wildman–Crippen MR) is 117 cm³/mol. The molecule has 2 atom stereocenters. The Hall–Kier alpha value is -3.88. The third-order valence-electron chi connectivity index (χ3n) is 5.03. The predicted octanol–water partition coefficient (Wildman–Crippen LogP) is 2.78. The number of hydrogen-bond acceptors (Lipinski definition) is 6. The van der Waals surface area contributed by atoms with Crippen LogP contribution in [0.5, 0.6) is 5.75 Å². The number of amidine groups is 1. The van der Waals surface area contributed by atoms with Crippen LogP contribution < -0.4 is 15.4 Å². The number of nitrogens with one attached hydrogen (secondary N) is 3. The first-order chi connectivity index (χ1) is 15.4. The van der Waals surface area contributed by atoms with Crippen molar-refractivity contribution >= 4 is 23.8 Å². The van der Waals surface area contributed by atoms with E-state index in [-0.39, 0.29) is 37.4 Å². The molecule has 1 aliphatic rings. The number of benzene rings is 2. The van der Waals surface area contributed by atoms with Crippen LogP contribution in [0.3, 0.4) is 0 Å². The van der Waals surface area contributed by atoms with E-state index in [0.29, 0.717) is 17.7 Å². The Morgan fingerprint density at radius 3 is 2.34 bits per heavy atom. The molecule has 0 aliphatic carbocycles. The summed E-state index contributed by atoms with van der Waals surface area (Å²) in [6.45, 7) is 2.12. The first kappa shape index (κ1) is 22.8. The highest BCUT2D eigenvalue weighted by molar-refractivity contribution is 6.04. The fraction of sp³-hybridized carbons (Fsp3) is 0.304. The zero-order valence-corrected chi connectivity index (χ0v) is 17.6. The summed E-state index contributed by atoms with van der Waals surface area (Å²) in [6, 6.07) is 14.2. The summed E-state index contributed by atoms with van der Waals surface area (Å²) in [6.07, 6.45) is -0.327. The molecule has 9 nitrogen and oxygen atoms in total. The van der Waals surface area contributed by atoms with Crippen molar-refractivity contribution in [1.29, 1.82) is 5.41 Å². The van der Waals surface area contributed by atoms with Crippen LogP contribution in [0.4, 0.5) is 4.79 Å². The number of alkyl carbamates (subject to hydrolysis) is 1. The summed E-state index contributed by atoms with van der Waals surface area (Å²) in [5.74, 6) is -1.36. The molecule has 2 amide bonds. The van der Waals surface area contributed by atoms with Gasteiger partial charge in [-0.3, -0.25) is 20.3 Å². The lowest BCUT2D eigenvalue weighted by Crippen LogP contribution is -2.47. The molecule has 1 heterocycles. The van der Waals surface area contributed by atoms with Crippen molar-refractivity contribution in [3.63, 3.8) is 0 Å². The van der Waals surface area contributed by atoms with Crippen LogP contribution in [0, 0.1) is 11.3 Å². The number of carboxylic acids is 1. The van der Waals surface area contributed by atoms with Crippen LogP contribution >= 0.6 is 0 Å². The molecular weight excluding hydrogens is 414 g/mol. The minimum atomic E-state index is -0.966. The van der Waals surface area contributed by atoms with Crippen LogP contribution in [0.1, 0.15) is 25.3 Å². The van der Waals surface area contributed by atoms with Gasteiger partial charge in [0.2, 0.25) is 5.91 Å². The number of rotatable bonds is 7. The topological polar surface area (TPSA) is 138 Å². The maximum atomic E-state index is 11.7. The van der Waals surface area contributed by atoms with Gasteiger partial charge < -0.3 is 19.9 Å². The van der Waals surface area contributed by atoms with Gasteiger partial charge in [0.15, 0.2) is 0 Å². The van der Waals surface area contributed by atoms with Crippen LogP contribution in [0.25, 0.3) is 11.1 Å². The van der Waals surface area contributed by atoms with E-state index in [1.54, 1.807) is 31.2 Å². The van der Waals surface area contributed by atoms with Crippen molar-refractivity contribution in [2.45, 2.75) is 25.8 Å². The molecule has 0 unspecified atom stereocenters. The van der Waals surface area contributed by atoms with Crippen molar-refractivity contribution < 1.29 is 29.0 Å². The van der Waals surface area contributed by atoms with Crippen LogP contribution in [0.15, 0.2) is 48.5 Å². The quantitative estimate of drug-likeness (QED) is 0.387. The van der Waals surface area contributed by atoms with Crippen LogP contribution in [0.2, 0.25) is 0 Å². The molecule has 1 fully saturated rings. The zero-order chi connectivity index (χ0) is 23.1. The Balaban J connectivity index is 1.56. The van der Waals surface area contributed by atoms with Crippen molar-refractivity contribution in [2.75, 3.05) is 13.2 Å². The van der Waals surface area contributed by atoms with Crippen molar-refractivity contribution in [1.82, 2.24) is 10.6 Å². The van der Waals surface area contributed by atoms with Gasteiger partial charge in [0.25, 0.3) is 0 Å². The Morgan fingerprint density at radius 1 is 1.12 bits per heavy atom. The molecule has 2 aromatic carbocycles. The summed E-state index contributed by atoms with van der Waals surface area (Å²) in [7, 11) is 0. The molecule has 1 aliphatic heterocycles. The molecule has 3 rings (SSSR count). The maximum absolute atomic E-state index is 11.7. The average Bonchev–Trinajstić information content (AvgIpc) is 2.78. The molecule has 32 heavy (non-hydrogen) atoms. The summed E-state index contributed by atoms with van der Waals surface area (Å²) >= 11 is 0. The van der Waals surface area contributed by atoms with Gasteiger partial charge in [0.05, 0.1) is 18.6 Å². The number of hydrogen-bond donors (Lipinski definition) is 4. The molecule has 168 valence electrons. The fourth-order valence-electron chi connectivity index (χ4n) is 3.41. The fourth-order valence-corrected chi connectivity index (χ4v) is 3.41. The van der Waals surface area contributed by atoms with Gasteiger partial charge in [0, 0.05) is 12.0 Å². The summed E-state index contributed by atoms with van der Waals surface area (Å²) in [4.78, 5) is 34.3.